The van der Waals surface area contributed by atoms with Gasteiger partial charge in [0.15, 0.2) is 0 Å². The molecular weight excluding hydrogens is 254 g/mol. The summed E-state index contributed by atoms with van der Waals surface area (Å²) in [5.74, 6) is 0.772. The van der Waals surface area contributed by atoms with Gasteiger partial charge in [0.05, 0.1) is 19.1 Å². The summed E-state index contributed by atoms with van der Waals surface area (Å²) >= 11 is 0. The van der Waals surface area contributed by atoms with Crippen LogP contribution in [-0.2, 0) is 16.6 Å². The Morgan fingerprint density at radius 2 is 2.06 bits per heavy atom. The van der Waals surface area contributed by atoms with Crippen molar-refractivity contribution in [2.45, 2.75) is 13.5 Å². The number of ether oxygens (including phenoxy) is 1. The maximum atomic E-state index is 10.8. The first-order chi connectivity index (χ1) is 8.40. The van der Waals surface area contributed by atoms with Crippen LogP contribution in [0.15, 0.2) is 12.1 Å². The van der Waals surface area contributed by atoms with Crippen LogP contribution in [0.3, 0.4) is 0 Å². The highest BCUT2D eigenvalue weighted by Crippen LogP contribution is 2.12. The molecule has 0 saturated heterocycles. The zero-order chi connectivity index (χ0) is 13.6. The second-order valence-corrected chi connectivity index (χ2v) is 5.82. The van der Waals surface area contributed by atoms with E-state index >= 15 is 0 Å². The number of aryl methyl sites for hydroxylation is 1. The highest BCUT2D eigenvalue weighted by Gasteiger charge is 2.01. The van der Waals surface area contributed by atoms with Gasteiger partial charge >= 0.3 is 0 Å². The normalized spacial score (nSPS) is 11.5. The maximum absolute atomic E-state index is 10.8. The van der Waals surface area contributed by atoms with Crippen LogP contribution in [0.4, 0.5) is 0 Å². The maximum Gasteiger partial charge on any atom is 0.208 e. The van der Waals surface area contributed by atoms with Gasteiger partial charge in [0.2, 0.25) is 10.0 Å². The standard InChI is InChI=1S/C11H19N3O3S/c1-9-6-11(17-2)7-10(14-9)8-12-4-5-13-18(3,15)16/h6-7,12-13H,4-5,8H2,1-3H3. The largest absolute Gasteiger partial charge is 0.497 e. The Bertz CT molecular complexity index is 488. The smallest absolute Gasteiger partial charge is 0.208 e. The average molecular weight is 273 g/mol. The second-order valence-electron chi connectivity index (χ2n) is 3.98. The van der Waals surface area contributed by atoms with Gasteiger partial charge in [0.25, 0.3) is 0 Å². The summed E-state index contributed by atoms with van der Waals surface area (Å²) in [7, 11) is -1.50. The number of sulfonamides is 1. The van der Waals surface area contributed by atoms with Gasteiger partial charge in [0, 0.05) is 37.5 Å². The third-order valence-corrected chi connectivity index (χ3v) is 2.92. The number of hydrogen-bond donors (Lipinski definition) is 2. The third-order valence-electron chi connectivity index (χ3n) is 2.19. The van der Waals surface area contributed by atoms with Crippen LogP contribution in [0.5, 0.6) is 5.75 Å². The van der Waals surface area contributed by atoms with Crippen molar-refractivity contribution in [1.82, 2.24) is 15.0 Å². The van der Waals surface area contributed by atoms with E-state index in [1.54, 1.807) is 7.11 Å². The van der Waals surface area contributed by atoms with Crippen molar-refractivity contribution in [3.63, 3.8) is 0 Å². The molecule has 1 heterocycles. The molecule has 0 bridgehead atoms. The fourth-order valence-electron chi connectivity index (χ4n) is 1.45. The van der Waals surface area contributed by atoms with Crippen LogP contribution in [0.1, 0.15) is 11.4 Å². The quantitative estimate of drug-likeness (QED) is 0.686. The first kappa shape index (κ1) is 14.9. The van der Waals surface area contributed by atoms with Crippen LogP contribution in [0, 0.1) is 6.92 Å². The lowest BCUT2D eigenvalue weighted by Gasteiger charge is -2.07. The topological polar surface area (TPSA) is 80.3 Å². The zero-order valence-electron chi connectivity index (χ0n) is 10.9. The van der Waals surface area contributed by atoms with Gasteiger partial charge in [-0.15, -0.1) is 0 Å². The van der Waals surface area contributed by atoms with Gasteiger partial charge in [-0.3, -0.25) is 4.98 Å². The van der Waals surface area contributed by atoms with E-state index in [9.17, 15) is 8.42 Å². The predicted octanol–water partition coefficient (Wildman–Crippen LogP) is 0.0374. The van der Waals surface area contributed by atoms with E-state index in [0.29, 0.717) is 19.6 Å². The lowest BCUT2D eigenvalue weighted by atomic mass is 10.3. The van der Waals surface area contributed by atoms with Gasteiger partial charge < -0.3 is 10.1 Å². The van der Waals surface area contributed by atoms with Gasteiger partial charge in [-0.25, -0.2) is 13.1 Å². The van der Waals surface area contributed by atoms with Crippen molar-refractivity contribution in [2.75, 3.05) is 26.5 Å². The third kappa shape index (κ3) is 5.95. The number of nitrogens with zero attached hydrogens (tertiary/aromatic N) is 1. The molecule has 1 aromatic rings. The number of hydrogen-bond acceptors (Lipinski definition) is 5. The van der Waals surface area contributed by atoms with Crippen molar-refractivity contribution in [2.24, 2.45) is 0 Å². The van der Waals surface area contributed by atoms with Crippen LogP contribution < -0.4 is 14.8 Å². The minimum Gasteiger partial charge on any atom is -0.497 e. The zero-order valence-corrected chi connectivity index (χ0v) is 11.7. The number of methoxy groups -OCH3 is 1. The van der Waals surface area contributed by atoms with Crippen LogP contribution in [-0.4, -0.2) is 39.9 Å². The summed E-state index contributed by atoms with van der Waals surface area (Å²) in [6.07, 6.45) is 1.14. The predicted molar refractivity (Wildman–Crippen MR) is 70.1 cm³/mol. The monoisotopic (exact) mass is 273 g/mol. The Balaban J connectivity index is 2.37. The summed E-state index contributed by atoms with van der Waals surface area (Å²) < 4.78 is 29.2. The van der Waals surface area contributed by atoms with Crippen LogP contribution in [0.25, 0.3) is 0 Å². The molecule has 0 radical (unpaired) electrons. The Morgan fingerprint density at radius 1 is 1.33 bits per heavy atom. The van der Waals surface area contributed by atoms with Crippen molar-refractivity contribution < 1.29 is 13.2 Å². The molecular formula is C11H19N3O3S. The molecule has 1 rings (SSSR count). The Labute approximate surface area is 108 Å². The second kappa shape index (κ2) is 6.67. The molecule has 7 heteroatoms. The number of pyridine rings is 1. The summed E-state index contributed by atoms with van der Waals surface area (Å²) in [5, 5.41) is 3.11. The molecule has 18 heavy (non-hydrogen) atoms. The van der Waals surface area contributed by atoms with Gasteiger partial charge in [0.1, 0.15) is 5.75 Å². The molecule has 0 saturated carbocycles. The minimum atomic E-state index is -3.11. The van der Waals surface area contributed by atoms with E-state index in [0.717, 1.165) is 23.4 Å². The Hall–Kier alpha value is -1.18. The fraction of sp³-hybridized carbons (Fsp3) is 0.545. The summed E-state index contributed by atoms with van der Waals surface area (Å²) in [4.78, 5) is 4.35. The van der Waals surface area contributed by atoms with Crippen LogP contribution in [0.2, 0.25) is 0 Å². The Morgan fingerprint density at radius 3 is 2.67 bits per heavy atom. The van der Waals surface area contributed by atoms with Crippen molar-refractivity contribution >= 4 is 10.0 Å². The number of rotatable bonds is 7. The van der Waals surface area contributed by atoms with E-state index in [2.05, 4.69) is 15.0 Å². The van der Waals surface area contributed by atoms with Crippen molar-refractivity contribution in [3.8, 4) is 5.75 Å². The van der Waals surface area contributed by atoms with Crippen molar-refractivity contribution in [1.29, 1.82) is 0 Å². The molecule has 0 aliphatic rings. The van der Waals surface area contributed by atoms with E-state index in [4.69, 9.17) is 4.74 Å². The van der Waals surface area contributed by atoms with E-state index in [1.807, 2.05) is 19.1 Å². The molecule has 0 spiro atoms. The highest BCUT2D eigenvalue weighted by atomic mass is 32.2. The molecule has 0 aromatic carbocycles. The SMILES string of the molecule is COc1cc(C)nc(CNCCNS(C)(=O)=O)c1. The molecule has 1 aromatic heterocycles. The Kier molecular flexibility index (Phi) is 5.52. The molecule has 0 aliphatic heterocycles. The molecule has 0 aliphatic carbocycles. The first-order valence-corrected chi connectivity index (χ1v) is 7.47. The van der Waals surface area contributed by atoms with Crippen molar-refractivity contribution in [3.05, 3.63) is 23.5 Å². The summed E-state index contributed by atoms with van der Waals surface area (Å²) in [5.41, 5.74) is 1.76. The number of aromatic nitrogens is 1. The highest BCUT2D eigenvalue weighted by molar-refractivity contribution is 7.88. The fourth-order valence-corrected chi connectivity index (χ4v) is 1.93. The molecule has 0 amide bonds. The molecule has 102 valence electrons. The van der Waals surface area contributed by atoms with Gasteiger partial charge in [-0.05, 0) is 6.92 Å². The van der Waals surface area contributed by atoms with Crippen LogP contribution >= 0.6 is 0 Å². The lowest BCUT2D eigenvalue weighted by molar-refractivity contribution is 0.412. The van der Waals surface area contributed by atoms with E-state index in [1.165, 1.54) is 0 Å². The summed E-state index contributed by atoms with van der Waals surface area (Å²) in [6, 6.07) is 3.71. The van der Waals surface area contributed by atoms with Gasteiger partial charge in [-0.2, -0.15) is 0 Å². The summed E-state index contributed by atoms with van der Waals surface area (Å²) in [6.45, 7) is 3.38. The minimum absolute atomic E-state index is 0.363. The molecule has 0 atom stereocenters. The molecule has 6 nitrogen and oxygen atoms in total. The molecule has 2 N–H and O–H groups in total. The lowest BCUT2D eigenvalue weighted by Crippen LogP contribution is -2.31. The van der Waals surface area contributed by atoms with E-state index in [-0.39, 0.29) is 0 Å². The average Bonchev–Trinajstić information content (AvgIpc) is 2.26. The molecule has 0 fully saturated rings. The number of nitrogens with one attached hydrogen (secondary N) is 2. The first-order valence-electron chi connectivity index (χ1n) is 5.57. The van der Waals surface area contributed by atoms with E-state index < -0.39 is 10.0 Å². The molecule has 0 unspecified atom stereocenters. The van der Waals surface area contributed by atoms with Gasteiger partial charge in [-0.1, -0.05) is 0 Å².